The van der Waals surface area contributed by atoms with E-state index in [-0.39, 0.29) is 33.3 Å². The fraction of sp³-hybridized carbons (Fsp3) is 0.158. The van der Waals surface area contributed by atoms with Crippen molar-refractivity contribution >= 4 is 16.9 Å². The molecule has 0 radical (unpaired) electrons. The third kappa shape index (κ3) is 3.30. The molecule has 0 saturated carbocycles. The number of carbonyl (C=O) groups excluding carboxylic acids is 1. The summed E-state index contributed by atoms with van der Waals surface area (Å²) in [6.45, 7) is 1.49. The smallest absolute Gasteiger partial charge is 0.416 e. The van der Waals surface area contributed by atoms with Crippen molar-refractivity contribution < 1.29 is 32.2 Å². The Hall–Kier alpha value is -3.16. The van der Waals surface area contributed by atoms with Gasteiger partial charge in [-0.3, -0.25) is 0 Å². The van der Waals surface area contributed by atoms with E-state index in [1.54, 1.807) is 0 Å². The molecule has 0 spiro atoms. The van der Waals surface area contributed by atoms with E-state index in [1.165, 1.54) is 19.1 Å². The number of rotatable bonds is 2. The quantitative estimate of drug-likeness (QED) is 0.510. The van der Waals surface area contributed by atoms with Gasteiger partial charge in [0.05, 0.1) is 29.4 Å². The lowest BCUT2D eigenvalue weighted by atomic mass is 9.96. The van der Waals surface area contributed by atoms with E-state index in [1.807, 2.05) is 0 Å². The summed E-state index contributed by atoms with van der Waals surface area (Å²) in [5, 5.41) is 9.69. The van der Waals surface area contributed by atoms with Crippen molar-refractivity contribution in [2.24, 2.45) is 0 Å². The monoisotopic (exact) mass is 379 g/mol. The number of nitrogens with zero attached hydrogens (tertiary/aromatic N) is 1. The highest BCUT2D eigenvalue weighted by Crippen LogP contribution is 2.36. The highest BCUT2D eigenvalue weighted by Gasteiger charge is 2.31. The number of methoxy groups -OCH3 is 1. The number of benzene rings is 2. The Kier molecular flexibility index (Phi) is 4.51. The van der Waals surface area contributed by atoms with Crippen LogP contribution in [0.3, 0.4) is 0 Å². The summed E-state index contributed by atoms with van der Waals surface area (Å²) in [5.74, 6) is -2.44. The van der Waals surface area contributed by atoms with Gasteiger partial charge in [0.25, 0.3) is 0 Å². The van der Waals surface area contributed by atoms with Crippen molar-refractivity contribution in [1.29, 1.82) is 0 Å². The fourth-order valence-corrected chi connectivity index (χ4v) is 2.86. The van der Waals surface area contributed by atoms with Gasteiger partial charge in [-0.05, 0) is 30.7 Å². The number of pyridine rings is 1. The van der Waals surface area contributed by atoms with Crippen LogP contribution < -0.4 is 0 Å². The van der Waals surface area contributed by atoms with Crippen molar-refractivity contribution in [3.05, 3.63) is 58.9 Å². The second-order valence-electron chi connectivity index (χ2n) is 5.85. The molecule has 0 amide bonds. The van der Waals surface area contributed by atoms with Crippen LogP contribution in [0.2, 0.25) is 0 Å². The maximum atomic E-state index is 13.8. The maximum Gasteiger partial charge on any atom is 0.416 e. The summed E-state index contributed by atoms with van der Waals surface area (Å²) in [7, 11) is 1.13. The lowest BCUT2D eigenvalue weighted by molar-refractivity contribution is -0.137. The first kappa shape index (κ1) is 18.6. The summed E-state index contributed by atoms with van der Waals surface area (Å²) in [5.41, 5.74) is -0.402. The van der Waals surface area contributed by atoms with Crippen LogP contribution in [-0.2, 0) is 10.9 Å². The molecule has 27 heavy (non-hydrogen) atoms. The molecule has 1 aromatic heterocycles. The van der Waals surface area contributed by atoms with Crippen LogP contribution in [-0.4, -0.2) is 23.2 Å². The van der Waals surface area contributed by atoms with Gasteiger partial charge in [0.2, 0.25) is 0 Å². The largest absolute Gasteiger partial charge is 0.505 e. The molecule has 1 heterocycles. The molecule has 8 heteroatoms. The van der Waals surface area contributed by atoms with Gasteiger partial charge in [-0.2, -0.15) is 13.2 Å². The van der Waals surface area contributed by atoms with Gasteiger partial charge in [-0.1, -0.05) is 12.1 Å². The molecule has 1 N–H and O–H groups in total. The number of carbonyl (C=O) groups is 1. The van der Waals surface area contributed by atoms with Crippen LogP contribution in [0.5, 0.6) is 5.75 Å². The summed E-state index contributed by atoms with van der Waals surface area (Å²) in [6, 6.07) is 6.42. The summed E-state index contributed by atoms with van der Waals surface area (Å²) in [6.07, 6.45) is -4.55. The lowest BCUT2D eigenvalue weighted by Crippen LogP contribution is -2.09. The Bertz CT molecular complexity index is 1060. The van der Waals surface area contributed by atoms with Crippen molar-refractivity contribution in [2.75, 3.05) is 7.11 Å². The van der Waals surface area contributed by atoms with E-state index in [9.17, 15) is 27.5 Å². The van der Waals surface area contributed by atoms with E-state index in [0.29, 0.717) is 0 Å². The topological polar surface area (TPSA) is 59.4 Å². The number of ether oxygens (including phenoxy) is 1. The standard InChI is InChI=1S/C19H13F4NO3/c1-9-16(18(26)27-2)12-7-13(20)15(25)8-14(12)24-17(9)10-4-3-5-11(6-10)19(21,22)23/h3-8,25H,1-2H3. The van der Waals surface area contributed by atoms with Crippen LogP contribution in [0, 0.1) is 12.7 Å². The summed E-state index contributed by atoms with van der Waals surface area (Å²) < 4.78 is 57.6. The Labute approximate surface area is 151 Å². The number of phenolic OH excluding ortho intramolecular Hbond substituents is 1. The second kappa shape index (κ2) is 6.53. The molecule has 0 unspecified atom stereocenters. The first-order valence-electron chi connectivity index (χ1n) is 7.72. The Morgan fingerprint density at radius 1 is 1.19 bits per heavy atom. The van der Waals surface area contributed by atoms with E-state index >= 15 is 0 Å². The number of phenols is 1. The summed E-state index contributed by atoms with van der Waals surface area (Å²) in [4.78, 5) is 16.5. The van der Waals surface area contributed by atoms with Crippen molar-refractivity contribution in [1.82, 2.24) is 4.98 Å². The molecule has 0 bridgehead atoms. The molecule has 4 nitrogen and oxygen atoms in total. The van der Waals surface area contributed by atoms with Crippen LogP contribution in [0.15, 0.2) is 36.4 Å². The fourth-order valence-electron chi connectivity index (χ4n) is 2.86. The van der Waals surface area contributed by atoms with Crippen molar-refractivity contribution in [2.45, 2.75) is 13.1 Å². The number of aromatic hydroxyl groups is 1. The Morgan fingerprint density at radius 3 is 2.52 bits per heavy atom. The van der Waals surface area contributed by atoms with Crippen LogP contribution in [0.1, 0.15) is 21.5 Å². The predicted octanol–water partition coefficient (Wildman–Crippen LogP) is 4.86. The van der Waals surface area contributed by atoms with E-state index in [2.05, 4.69) is 4.98 Å². The molecule has 0 aliphatic carbocycles. The van der Waals surface area contributed by atoms with Gasteiger partial charge in [0.15, 0.2) is 11.6 Å². The number of fused-ring (bicyclic) bond motifs is 1. The van der Waals surface area contributed by atoms with Crippen LogP contribution in [0.4, 0.5) is 17.6 Å². The summed E-state index contributed by atoms with van der Waals surface area (Å²) >= 11 is 0. The van der Waals surface area contributed by atoms with Gasteiger partial charge in [-0.25, -0.2) is 14.2 Å². The zero-order valence-corrected chi connectivity index (χ0v) is 14.2. The third-order valence-corrected chi connectivity index (χ3v) is 4.15. The molecule has 2 aromatic carbocycles. The van der Waals surface area contributed by atoms with Gasteiger partial charge in [0.1, 0.15) is 0 Å². The van der Waals surface area contributed by atoms with Gasteiger partial charge in [0, 0.05) is 17.0 Å². The minimum absolute atomic E-state index is 0.0335. The Balaban J connectivity index is 2.36. The number of halogens is 4. The normalized spacial score (nSPS) is 11.6. The highest BCUT2D eigenvalue weighted by molar-refractivity contribution is 6.06. The molecule has 140 valence electrons. The zero-order valence-electron chi connectivity index (χ0n) is 14.2. The average molecular weight is 379 g/mol. The Morgan fingerprint density at radius 2 is 1.89 bits per heavy atom. The molecular weight excluding hydrogens is 366 g/mol. The highest BCUT2D eigenvalue weighted by atomic mass is 19.4. The first-order valence-corrected chi connectivity index (χ1v) is 7.72. The van der Waals surface area contributed by atoms with Crippen molar-refractivity contribution in [3.8, 4) is 17.0 Å². The van der Waals surface area contributed by atoms with E-state index in [0.717, 1.165) is 31.4 Å². The minimum Gasteiger partial charge on any atom is -0.505 e. The molecule has 0 aliphatic rings. The number of alkyl halides is 3. The van der Waals surface area contributed by atoms with Crippen LogP contribution in [0.25, 0.3) is 22.2 Å². The minimum atomic E-state index is -4.55. The number of hydrogen-bond acceptors (Lipinski definition) is 4. The molecular formula is C19H13F4NO3. The van der Waals surface area contributed by atoms with Gasteiger partial charge >= 0.3 is 12.1 Å². The number of hydrogen-bond donors (Lipinski definition) is 1. The van der Waals surface area contributed by atoms with Gasteiger partial charge in [-0.15, -0.1) is 0 Å². The van der Waals surface area contributed by atoms with E-state index < -0.39 is 29.3 Å². The molecule has 0 saturated heterocycles. The maximum absolute atomic E-state index is 13.8. The van der Waals surface area contributed by atoms with Crippen LogP contribution >= 0.6 is 0 Å². The molecule has 3 aromatic rings. The number of aromatic nitrogens is 1. The van der Waals surface area contributed by atoms with E-state index in [4.69, 9.17) is 4.74 Å². The second-order valence-corrected chi connectivity index (χ2v) is 5.85. The predicted molar refractivity (Wildman–Crippen MR) is 89.9 cm³/mol. The lowest BCUT2D eigenvalue weighted by Gasteiger charge is -2.15. The third-order valence-electron chi connectivity index (χ3n) is 4.15. The number of esters is 1. The zero-order chi connectivity index (χ0) is 19.9. The SMILES string of the molecule is COC(=O)c1c(C)c(-c2cccc(C(F)(F)F)c2)nc2cc(O)c(F)cc12. The molecule has 0 fully saturated rings. The molecule has 3 rings (SSSR count). The molecule has 0 atom stereocenters. The average Bonchev–Trinajstić information content (AvgIpc) is 2.61. The van der Waals surface area contributed by atoms with Gasteiger partial charge < -0.3 is 9.84 Å². The van der Waals surface area contributed by atoms with Crippen molar-refractivity contribution in [3.63, 3.8) is 0 Å². The molecule has 0 aliphatic heterocycles. The first-order chi connectivity index (χ1) is 12.6.